The normalized spacial score (nSPS) is 19.3. The summed E-state index contributed by atoms with van der Waals surface area (Å²) in [6.07, 6.45) is 5.55. The minimum atomic E-state index is -0.107. The molecule has 2 aromatic rings. The molecule has 0 spiro atoms. The average Bonchev–Trinajstić information content (AvgIpc) is 3.45. The van der Waals surface area contributed by atoms with E-state index in [2.05, 4.69) is 47.9 Å². The zero-order valence-electron chi connectivity index (χ0n) is 18.0. The molecular weight excluding hydrogens is 408 g/mol. The lowest BCUT2D eigenvalue weighted by Crippen LogP contribution is -2.08. The van der Waals surface area contributed by atoms with Crippen molar-refractivity contribution in [3.8, 4) is 11.5 Å². The van der Waals surface area contributed by atoms with Gasteiger partial charge < -0.3 is 14.2 Å². The summed E-state index contributed by atoms with van der Waals surface area (Å²) in [5, 5.41) is 2.18. The summed E-state index contributed by atoms with van der Waals surface area (Å²) < 4.78 is 16.9. The lowest BCUT2D eigenvalue weighted by Gasteiger charge is -2.12. The lowest BCUT2D eigenvalue weighted by molar-refractivity contribution is -0.143. The maximum atomic E-state index is 11.8. The van der Waals surface area contributed by atoms with Gasteiger partial charge in [-0.25, -0.2) is 0 Å². The minimum absolute atomic E-state index is 0.107. The maximum Gasteiger partial charge on any atom is 0.306 e. The largest absolute Gasteiger partial charge is 0.493 e. The Labute approximate surface area is 189 Å². The van der Waals surface area contributed by atoms with Gasteiger partial charge in [0.1, 0.15) is 11.5 Å². The van der Waals surface area contributed by atoms with Crippen LogP contribution < -0.4 is 9.47 Å². The molecule has 0 aromatic heterocycles. The van der Waals surface area contributed by atoms with Crippen molar-refractivity contribution in [3.05, 3.63) is 70.6 Å². The third kappa shape index (κ3) is 5.85. The van der Waals surface area contributed by atoms with E-state index in [1.165, 1.54) is 16.7 Å². The van der Waals surface area contributed by atoms with Gasteiger partial charge in [-0.05, 0) is 72.0 Å². The molecule has 1 unspecified atom stereocenters. The molecule has 0 fully saturated rings. The second kappa shape index (κ2) is 10.8. The number of rotatable bonds is 10. The van der Waals surface area contributed by atoms with Crippen LogP contribution in [0.4, 0.5) is 0 Å². The number of ether oxygens (including phenoxy) is 3. The Kier molecular flexibility index (Phi) is 7.57. The Balaban J connectivity index is 1.18. The Morgan fingerprint density at radius 3 is 2.58 bits per heavy atom. The van der Waals surface area contributed by atoms with Gasteiger partial charge in [0.05, 0.1) is 26.2 Å². The SMILES string of the molecule is CCOC(=O)C[C@@H]1CCc2cc(OCCCOc3ccc(C4C=CSC4)cc3)ccc21. The van der Waals surface area contributed by atoms with Crippen LogP contribution in [0.3, 0.4) is 0 Å². The highest BCUT2D eigenvalue weighted by atomic mass is 32.2. The van der Waals surface area contributed by atoms with Crippen LogP contribution in [0.5, 0.6) is 11.5 Å². The predicted molar refractivity (Wildman–Crippen MR) is 125 cm³/mol. The monoisotopic (exact) mass is 438 g/mol. The van der Waals surface area contributed by atoms with Gasteiger partial charge in [-0.1, -0.05) is 24.3 Å². The third-order valence-electron chi connectivity index (χ3n) is 5.85. The molecule has 0 saturated heterocycles. The molecule has 2 atom stereocenters. The zero-order chi connectivity index (χ0) is 21.5. The second-order valence-electron chi connectivity index (χ2n) is 7.99. The van der Waals surface area contributed by atoms with E-state index in [-0.39, 0.29) is 11.9 Å². The fourth-order valence-corrected chi connectivity index (χ4v) is 5.15. The number of hydrogen-bond acceptors (Lipinski definition) is 5. The van der Waals surface area contributed by atoms with E-state index in [1.54, 1.807) is 0 Å². The average molecular weight is 439 g/mol. The first-order valence-corrected chi connectivity index (χ1v) is 12.2. The molecule has 5 heteroatoms. The fraction of sp³-hybridized carbons (Fsp3) is 0.423. The molecule has 0 N–H and O–H groups in total. The molecule has 0 radical (unpaired) electrons. The summed E-state index contributed by atoms with van der Waals surface area (Å²) in [5.41, 5.74) is 3.90. The van der Waals surface area contributed by atoms with E-state index in [0.717, 1.165) is 36.5 Å². The molecule has 0 amide bonds. The molecule has 1 aliphatic carbocycles. The first-order valence-electron chi connectivity index (χ1n) is 11.1. The standard InChI is InChI=1S/C26H30O4S/c1-2-28-26(27)17-21-5-4-20-16-24(10-11-25(20)21)30-14-3-13-29-23-8-6-19(7-9-23)22-12-15-31-18-22/h6-12,15-16,21-22H,2-5,13-14,17-18H2,1H3/t21-,22?/m0/s1. The fourth-order valence-electron chi connectivity index (χ4n) is 4.23. The van der Waals surface area contributed by atoms with Crippen LogP contribution in [0.15, 0.2) is 53.9 Å². The van der Waals surface area contributed by atoms with Crippen molar-refractivity contribution in [2.45, 2.75) is 44.4 Å². The van der Waals surface area contributed by atoms with E-state index in [0.29, 0.717) is 32.2 Å². The van der Waals surface area contributed by atoms with Crippen molar-refractivity contribution < 1.29 is 19.0 Å². The van der Waals surface area contributed by atoms with Crippen molar-refractivity contribution in [2.24, 2.45) is 0 Å². The summed E-state index contributed by atoms with van der Waals surface area (Å²) in [4.78, 5) is 11.8. The van der Waals surface area contributed by atoms with Gasteiger partial charge in [0.15, 0.2) is 0 Å². The summed E-state index contributed by atoms with van der Waals surface area (Å²) in [5.74, 6) is 3.62. The summed E-state index contributed by atoms with van der Waals surface area (Å²) in [6, 6.07) is 14.7. The smallest absolute Gasteiger partial charge is 0.306 e. The van der Waals surface area contributed by atoms with Crippen LogP contribution in [-0.2, 0) is 16.0 Å². The van der Waals surface area contributed by atoms with Crippen molar-refractivity contribution in [1.82, 2.24) is 0 Å². The highest BCUT2D eigenvalue weighted by Gasteiger charge is 2.25. The second-order valence-corrected chi connectivity index (χ2v) is 8.93. The molecule has 1 aliphatic heterocycles. The van der Waals surface area contributed by atoms with Crippen molar-refractivity contribution in [2.75, 3.05) is 25.6 Å². The number of thioether (sulfide) groups is 1. The molecule has 31 heavy (non-hydrogen) atoms. The van der Waals surface area contributed by atoms with Gasteiger partial charge in [0.2, 0.25) is 0 Å². The zero-order valence-corrected chi connectivity index (χ0v) is 18.9. The topological polar surface area (TPSA) is 44.8 Å². The van der Waals surface area contributed by atoms with Gasteiger partial charge in [0.25, 0.3) is 0 Å². The molecule has 4 nitrogen and oxygen atoms in total. The Bertz CT molecular complexity index is 906. The quantitative estimate of drug-likeness (QED) is 0.343. The molecule has 1 heterocycles. The van der Waals surface area contributed by atoms with Crippen molar-refractivity contribution >= 4 is 17.7 Å². The molecule has 0 saturated carbocycles. The van der Waals surface area contributed by atoms with Crippen LogP contribution in [0, 0.1) is 0 Å². The molecule has 2 aliphatic rings. The number of carbonyl (C=O) groups excluding carboxylic acids is 1. The Morgan fingerprint density at radius 2 is 1.84 bits per heavy atom. The predicted octanol–water partition coefficient (Wildman–Crippen LogP) is 5.86. The Hall–Kier alpha value is -2.40. The molecule has 4 rings (SSSR count). The molecule has 2 aromatic carbocycles. The number of carbonyl (C=O) groups is 1. The van der Waals surface area contributed by atoms with Gasteiger partial charge >= 0.3 is 5.97 Å². The summed E-state index contributed by atoms with van der Waals surface area (Å²) >= 11 is 1.86. The van der Waals surface area contributed by atoms with Gasteiger partial charge in [-0.3, -0.25) is 4.79 Å². The maximum absolute atomic E-state index is 11.8. The van der Waals surface area contributed by atoms with E-state index in [1.807, 2.05) is 24.8 Å². The molecule has 164 valence electrons. The van der Waals surface area contributed by atoms with Crippen LogP contribution in [-0.4, -0.2) is 31.5 Å². The van der Waals surface area contributed by atoms with Gasteiger partial charge in [-0.2, -0.15) is 0 Å². The van der Waals surface area contributed by atoms with Crippen LogP contribution in [0.1, 0.15) is 54.7 Å². The van der Waals surface area contributed by atoms with Crippen LogP contribution >= 0.6 is 11.8 Å². The molecule has 0 bridgehead atoms. The van der Waals surface area contributed by atoms with E-state index >= 15 is 0 Å². The summed E-state index contributed by atoms with van der Waals surface area (Å²) in [7, 11) is 0. The number of benzene rings is 2. The van der Waals surface area contributed by atoms with E-state index in [9.17, 15) is 4.79 Å². The van der Waals surface area contributed by atoms with Gasteiger partial charge in [-0.15, -0.1) is 11.8 Å². The highest BCUT2D eigenvalue weighted by molar-refractivity contribution is 8.02. The Morgan fingerprint density at radius 1 is 1.06 bits per heavy atom. The van der Waals surface area contributed by atoms with Crippen LogP contribution in [0.2, 0.25) is 0 Å². The summed E-state index contributed by atoms with van der Waals surface area (Å²) in [6.45, 7) is 3.54. The van der Waals surface area contributed by atoms with Crippen LogP contribution in [0.25, 0.3) is 0 Å². The van der Waals surface area contributed by atoms with Gasteiger partial charge in [0, 0.05) is 18.1 Å². The third-order valence-corrected chi connectivity index (χ3v) is 6.75. The van der Waals surface area contributed by atoms with E-state index < -0.39 is 0 Å². The number of aryl methyl sites for hydroxylation is 1. The van der Waals surface area contributed by atoms with Crippen molar-refractivity contribution in [1.29, 1.82) is 0 Å². The van der Waals surface area contributed by atoms with Crippen molar-refractivity contribution in [3.63, 3.8) is 0 Å². The number of fused-ring (bicyclic) bond motifs is 1. The van der Waals surface area contributed by atoms with E-state index in [4.69, 9.17) is 14.2 Å². The lowest BCUT2D eigenvalue weighted by atomic mass is 9.98. The molecular formula is C26H30O4S. The number of hydrogen-bond donors (Lipinski definition) is 0. The number of esters is 1. The number of allylic oxidation sites excluding steroid dienone is 1. The first kappa shape index (κ1) is 21.8. The first-order chi connectivity index (χ1) is 15.2. The minimum Gasteiger partial charge on any atom is -0.493 e. The highest BCUT2D eigenvalue weighted by Crippen LogP contribution is 2.37.